The molecule has 0 bridgehead atoms. The van der Waals surface area contributed by atoms with Gasteiger partial charge < -0.3 is 14.8 Å². The van der Waals surface area contributed by atoms with E-state index in [0.717, 1.165) is 0 Å². The third-order valence-electron chi connectivity index (χ3n) is 4.28. The molecule has 1 aromatic carbocycles. The Hall–Kier alpha value is -2.97. The minimum Gasteiger partial charge on any atom is -0.444 e. The van der Waals surface area contributed by atoms with Crippen molar-refractivity contribution in [3.05, 3.63) is 39.9 Å². The number of benzene rings is 1. The minimum absolute atomic E-state index is 0.0469. The Bertz CT molecular complexity index is 741. The number of hydrogen-bond donors (Lipinski definition) is 1. The molecular formula is C19H25N3O6. The standard InChI is InChI=1S/C19H25N3O6/c1-19(2,3)28-18(25)21-10-4-5-16(21)17(24)20-14(12-23)11-13-6-8-15(9-7-13)22(26)27/h6-9,12,14,16H,4-5,10-11H2,1-3H3,(H,20,24)/t14-,16+/m0/s1. The van der Waals surface area contributed by atoms with Crippen LogP contribution in [-0.2, 0) is 20.7 Å². The van der Waals surface area contributed by atoms with Crippen LogP contribution in [-0.4, -0.2) is 52.3 Å². The van der Waals surface area contributed by atoms with Gasteiger partial charge in [-0.3, -0.25) is 19.8 Å². The molecule has 0 unspecified atom stereocenters. The molecule has 2 amide bonds. The number of hydrogen-bond acceptors (Lipinski definition) is 6. The molecule has 9 heteroatoms. The lowest BCUT2D eigenvalue weighted by Crippen LogP contribution is -2.50. The highest BCUT2D eigenvalue weighted by molar-refractivity contribution is 5.88. The summed E-state index contributed by atoms with van der Waals surface area (Å²) in [5.41, 5.74) is -0.0325. The van der Waals surface area contributed by atoms with Crippen molar-refractivity contribution < 1.29 is 24.0 Å². The number of nitrogens with zero attached hydrogens (tertiary/aromatic N) is 2. The molecule has 1 aliphatic rings. The monoisotopic (exact) mass is 391 g/mol. The number of nitrogens with one attached hydrogen (secondary N) is 1. The highest BCUT2D eigenvalue weighted by Gasteiger charge is 2.37. The highest BCUT2D eigenvalue weighted by atomic mass is 16.6. The average Bonchev–Trinajstić information content (AvgIpc) is 3.10. The van der Waals surface area contributed by atoms with Crippen LogP contribution in [0.2, 0.25) is 0 Å². The van der Waals surface area contributed by atoms with Gasteiger partial charge in [0.05, 0.1) is 11.0 Å². The van der Waals surface area contributed by atoms with E-state index in [1.807, 2.05) is 0 Å². The van der Waals surface area contributed by atoms with Crippen molar-refractivity contribution in [1.29, 1.82) is 0 Å². The molecule has 9 nitrogen and oxygen atoms in total. The second-order valence-electron chi connectivity index (χ2n) is 7.71. The van der Waals surface area contributed by atoms with E-state index in [2.05, 4.69) is 5.32 Å². The van der Waals surface area contributed by atoms with Crippen LogP contribution in [0.5, 0.6) is 0 Å². The molecule has 1 fully saturated rings. The van der Waals surface area contributed by atoms with Crippen LogP contribution in [0.15, 0.2) is 24.3 Å². The van der Waals surface area contributed by atoms with E-state index in [1.54, 1.807) is 32.9 Å². The van der Waals surface area contributed by atoms with E-state index < -0.39 is 34.6 Å². The number of non-ortho nitro benzene ring substituents is 1. The van der Waals surface area contributed by atoms with E-state index in [4.69, 9.17) is 4.74 Å². The predicted molar refractivity (Wildman–Crippen MR) is 101 cm³/mol. The van der Waals surface area contributed by atoms with Crippen LogP contribution in [0.1, 0.15) is 39.2 Å². The number of nitro groups is 1. The van der Waals surface area contributed by atoms with E-state index in [0.29, 0.717) is 31.2 Å². The van der Waals surface area contributed by atoms with Gasteiger partial charge in [-0.2, -0.15) is 0 Å². The number of ether oxygens (including phenoxy) is 1. The third-order valence-corrected chi connectivity index (χ3v) is 4.28. The van der Waals surface area contributed by atoms with E-state index in [-0.39, 0.29) is 12.1 Å². The van der Waals surface area contributed by atoms with Crippen molar-refractivity contribution in [2.75, 3.05) is 6.54 Å². The molecule has 28 heavy (non-hydrogen) atoms. The first-order valence-corrected chi connectivity index (χ1v) is 9.09. The molecule has 1 saturated heterocycles. The van der Waals surface area contributed by atoms with Gasteiger partial charge in [0.25, 0.3) is 5.69 Å². The maximum atomic E-state index is 12.6. The Labute approximate surface area is 163 Å². The fraction of sp³-hybridized carbons (Fsp3) is 0.526. The number of likely N-dealkylation sites (tertiary alicyclic amines) is 1. The summed E-state index contributed by atoms with van der Waals surface area (Å²) in [6.07, 6.45) is 1.43. The fourth-order valence-electron chi connectivity index (χ4n) is 3.00. The van der Waals surface area contributed by atoms with Crippen molar-refractivity contribution in [3.63, 3.8) is 0 Å². The van der Waals surface area contributed by atoms with Gasteiger partial charge in [-0.1, -0.05) is 12.1 Å². The smallest absolute Gasteiger partial charge is 0.410 e. The molecule has 1 N–H and O–H groups in total. The summed E-state index contributed by atoms with van der Waals surface area (Å²) in [5, 5.41) is 13.4. The molecule has 1 aliphatic heterocycles. The van der Waals surface area contributed by atoms with Crippen molar-refractivity contribution in [2.24, 2.45) is 0 Å². The first-order valence-electron chi connectivity index (χ1n) is 9.09. The summed E-state index contributed by atoms with van der Waals surface area (Å²) in [4.78, 5) is 47.9. The maximum absolute atomic E-state index is 12.6. The second-order valence-corrected chi connectivity index (χ2v) is 7.71. The van der Waals surface area contributed by atoms with Gasteiger partial charge in [-0.15, -0.1) is 0 Å². The normalized spacial score (nSPS) is 17.7. The Morgan fingerprint density at radius 3 is 2.54 bits per heavy atom. The lowest BCUT2D eigenvalue weighted by Gasteiger charge is -2.28. The Balaban J connectivity index is 1.99. The molecule has 0 aromatic heterocycles. The summed E-state index contributed by atoms with van der Waals surface area (Å²) in [6, 6.07) is 4.30. The summed E-state index contributed by atoms with van der Waals surface area (Å²) in [5.74, 6) is -0.414. The van der Waals surface area contributed by atoms with Gasteiger partial charge in [-0.25, -0.2) is 4.79 Å². The van der Waals surface area contributed by atoms with Crippen LogP contribution < -0.4 is 5.32 Å². The Kier molecular flexibility index (Phi) is 6.71. The molecule has 152 valence electrons. The van der Waals surface area contributed by atoms with Gasteiger partial charge in [0.1, 0.15) is 17.9 Å². The second kappa shape index (κ2) is 8.81. The number of aldehydes is 1. The molecule has 0 saturated carbocycles. The Morgan fingerprint density at radius 1 is 1.36 bits per heavy atom. The Morgan fingerprint density at radius 2 is 2.00 bits per heavy atom. The van der Waals surface area contributed by atoms with Crippen molar-refractivity contribution in [1.82, 2.24) is 10.2 Å². The zero-order valence-electron chi connectivity index (χ0n) is 16.2. The number of amides is 2. The van der Waals surface area contributed by atoms with Gasteiger partial charge in [0.15, 0.2) is 0 Å². The van der Waals surface area contributed by atoms with Gasteiger partial charge in [-0.05, 0) is 45.6 Å². The SMILES string of the molecule is CC(C)(C)OC(=O)N1CCC[C@@H]1C(=O)N[C@H](C=O)Cc1ccc([N+](=O)[O-])cc1. The largest absolute Gasteiger partial charge is 0.444 e. The topological polar surface area (TPSA) is 119 Å². The number of carbonyl (C=O) groups is 3. The molecule has 2 atom stereocenters. The third kappa shape index (κ3) is 5.77. The molecule has 2 rings (SSSR count). The zero-order chi connectivity index (χ0) is 20.9. The van der Waals surface area contributed by atoms with Gasteiger partial charge in [0.2, 0.25) is 5.91 Å². The maximum Gasteiger partial charge on any atom is 0.410 e. The number of nitro benzene ring substituents is 1. The van der Waals surface area contributed by atoms with E-state index in [1.165, 1.54) is 17.0 Å². The fourth-order valence-corrected chi connectivity index (χ4v) is 3.00. The van der Waals surface area contributed by atoms with Crippen LogP contribution in [0.25, 0.3) is 0 Å². The molecule has 0 spiro atoms. The summed E-state index contributed by atoms with van der Waals surface area (Å²) in [6.45, 7) is 5.68. The van der Waals surface area contributed by atoms with Crippen molar-refractivity contribution >= 4 is 24.0 Å². The molecule has 0 aliphatic carbocycles. The lowest BCUT2D eigenvalue weighted by molar-refractivity contribution is -0.384. The van der Waals surface area contributed by atoms with Crippen LogP contribution in [0.3, 0.4) is 0 Å². The summed E-state index contributed by atoms with van der Waals surface area (Å²) >= 11 is 0. The average molecular weight is 391 g/mol. The minimum atomic E-state index is -0.796. The summed E-state index contributed by atoms with van der Waals surface area (Å²) in [7, 11) is 0. The van der Waals surface area contributed by atoms with E-state index >= 15 is 0 Å². The first kappa shape index (κ1) is 21.3. The lowest BCUT2D eigenvalue weighted by atomic mass is 10.1. The quantitative estimate of drug-likeness (QED) is 0.451. The predicted octanol–water partition coefficient (Wildman–Crippen LogP) is 2.22. The van der Waals surface area contributed by atoms with Crippen LogP contribution >= 0.6 is 0 Å². The van der Waals surface area contributed by atoms with Crippen LogP contribution in [0, 0.1) is 10.1 Å². The molecular weight excluding hydrogens is 366 g/mol. The molecule has 1 heterocycles. The van der Waals surface area contributed by atoms with E-state index in [9.17, 15) is 24.5 Å². The summed E-state index contributed by atoms with van der Waals surface area (Å²) < 4.78 is 5.34. The number of rotatable bonds is 6. The van der Waals surface area contributed by atoms with Gasteiger partial charge >= 0.3 is 6.09 Å². The van der Waals surface area contributed by atoms with Gasteiger partial charge in [0, 0.05) is 18.7 Å². The zero-order valence-corrected chi connectivity index (χ0v) is 16.2. The van der Waals surface area contributed by atoms with Crippen LogP contribution in [0.4, 0.5) is 10.5 Å². The highest BCUT2D eigenvalue weighted by Crippen LogP contribution is 2.21. The molecule has 0 radical (unpaired) electrons. The molecule has 1 aromatic rings. The number of carbonyl (C=O) groups excluding carboxylic acids is 3. The first-order chi connectivity index (χ1) is 13.1. The van der Waals surface area contributed by atoms with Crippen molar-refractivity contribution in [3.8, 4) is 0 Å². The van der Waals surface area contributed by atoms with Crippen molar-refractivity contribution in [2.45, 2.75) is 57.7 Å².